The number of halogens is 4. The molecule has 2 rings (SSSR count). The Morgan fingerprint density at radius 2 is 1.59 bits per heavy atom. The number of hydrogen-bond acceptors (Lipinski definition) is 3. The molecule has 0 aliphatic carbocycles. The second kappa shape index (κ2) is 11.7. The molecule has 0 aliphatic heterocycles. The van der Waals surface area contributed by atoms with E-state index in [0.717, 1.165) is 22.4 Å². The Morgan fingerprint density at radius 1 is 1.00 bits per heavy atom. The SMILES string of the molecule is CN=C(NCc1ccc(OCC(F)(F)F)cc1)NCc1ccc(OC)c(C)c1.I. The van der Waals surface area contributed by atoms with Gasteiger partial charge in [-0.2, -0.15) is 13.2 Å². The predicted molar refractivity (Wildman–Crippen MR) is 118 cm³/mol. The number of benzene rings is 2. The summed E-state index contributed by atoms with van der Waals surface area (Å²) in [6, 6.07) is 12.4. The number of alkyl halides is 3. The summed E-state index contributed by atoms with van der Waals surface area (Å²) in [5, 5.41) is 6.38. The van der Waals surface area contributed by atoms with E-state index in [2.05, 4.69) is 15.6 Å². The zero-order valence-electron chi connectivity index (χ0n) is 16.5. The Hall–Kier alpha value is -2.17. The zero-order chi connectivity index (χ0) is 20.6. The lowest BCUT2D eigenvalue weighted by Gasteiger charge is -2.13. The fraction of sp³-hybridized carbons (Fsp3) is 0.350. The number of rotatable bonds is 7. The lowest BCUT2D eigenvalue weighted by molar-refractivity contribution is -0.153. The first-order valence-corrected chi connectivity index (χ1v) is 8.67. The zero-order valence-corrected chi connectivity index (χ0v) is 18.8. The summed E-state index contributed by atoms with van der Waals surface area (Å²) < 4.78 is 46.4. The van der Waals surface area contributed by atoms with Gasteiger partial charge in [0.25, 0.3) is 0 Å². The van der Waals surface area contributed by atoms with Crippen molar-refractivity contribution in [2.24, 2.45) is 4.99 Å². The number of nitrogens with zero attached hydrogens (tertiary/aromatic N) is 1. The third-order valence-electron chi connectivity index (χ3n) is 3.93. The molecule has 9 heteroatoms. The molecular formula is C20H25F3IN3O2. The molecule has 2 aromatic rings. The molecule has 2 N–H and O–H groups in total. The van der Waals surface area contributed by atoms with Gasteiger partial charge in [-0.1, -0.05) is 24.3 Å². The largest absolute Gasteiger partial charge is 0.496 e. The molecular weight excluding hydrogens is 498 g/mol. The minimum absolute atomic E-state index is 0. The van der Waals surface area contributed by atoms with Crippen LogP contribution in [0.15, 0.2) is 47.5 Å². The number of hydrogen-bond donors (Lipinski definition) is 2. The highest BCUT2D eigenvalue weighted by molar-refractivity contribution is 14.0. The average Bonchev–Trinajstić information content (AvgIpc) is 2.67. The number of nitrogens with one attached hydrogen (secondary N) is 2. The van der Waals surface area contributed by atoms with Gasteiger partial charge in [-0.05, 0) is 41.8 Å². The van der Waals surface area contributed by atoms with Gasteiger partial charge in [-0.3, -0.25) is 4.99 Å². The van der Waals surface area contributed by atoms with Crippen LogP contribution in [0.5, 0.6) is 11.5 Å². The molecule has 29 heavy (non-hydrogen) atoms. The molecule has 0 heterocycles. The number of aliphatic imine (C=N–C) groups is 1. The third-order valence-corrected chi connectivity index (χ3v) is 3.93. The van der Waals surface area contributed by atoms with Crippen molar-refractivity contribution in [3.8, 4) is 11.5 Å². The van der Waals surface area contributed by atoms with Crippen molar-refractivity contribution in [2.45, 2.75) is 26.2 Å². The van der Waals surface area contributed by atoms with Crippen LogP contribution in [0.3, 0.4) is 0 Å². The van der Waals surface area contributed by atoms with Crippen LogP contribution < -0.4 is 20.1 Å². The maximum absolute atomic E-state index is 12.2. The first-order chi connectivity index (χ1) is 13.3. The predicted octanol–water partition coefficient (Wildman–Crippen LogP) is 4.43. The van der Waals surface area contributed by atoms with E-state index in [4.69, 9.17) is 9.47 Å². The quantitative estimate of drug-likeness (QED) is 0.321. The molecule has 0 fully saturated rings. The van der Waals surface area contributed by atoms with Gasteiger partial charge in [0.1, 0.15) is 11.5 Å². The van der Waals surface area contributed by atoms with Crippen LogP contribution >= 0.6 is 24.0 Å². The van der Waals surface area contributed by atoms with E-state index in [-0.39, 0.29) is 29.7 Å². The van der Waals surface area contributed by atoms with Crippen LogP contribution in [0, 0.1) is 6.92 Å². The van der Waals surface area contributed by atoms with E-state index < -0.39 is 12.8 Å². The normalized spacial score (nSPS) is 11.4. The maximum atomic E-state index is 12.2. The van der Waals surface area contributed by atoms with Crippen molar-refractivity contribution in [1.82, 2.24) is 10.6 Å². The molecule has 0 atom stereocenters. The summed E-state index contributed by atoms with van der Waals surface area (Å²) >= 11 is 0. The molecule has 0 bridgehead atoms. The van der Waals surface area contributed by atoms with E-state index in [1.807, 2.05) is 25.1 Å². The van der Waals surface area contributed by atoms with E-state index >= 15 is 0 Å². The summed E-state index contributed by atoms with van der Waals surface area (Å²) in [5.41, 5.74) is 3.03. The summed E-state index contributed by atoms with van der Waals surface area (Å²) in [4.78, 5) is 4.17. The second-order valence-corrected chi connectivity index (χ2v) is 6.13. The molecule has 0 unspecified atom stereocenters. The van der Waals surface area contributed by atoms with Crippen molar-refractivity contribution in [2.75, 3.05) is 20.8 Å². The first-order valence-electron chi connectivity index (χ1n) is 8.67. The van der Waals surface area contributed by atoms with Crippen LogP contribution in [0.2, 0.25) is 0 Å². The minimum atomic E-state index is -4.35. The van der Waals surface area contributed by atoms with Crippen molar-refractivity contribution >= 4 is 29.9 Å². The van der Waals surface area contributed by atoms with Crippen molar-refractivity contribution < 1.29 is 22.6 Å². The Labute approximate surface area is 185 Å². The fourth-order valence-corrected chi connectivity index (χ4v) is 2.51. The molecule has 0 amide bonds. The summed E-state index contributed by atoms with van der Waals surface area (Å²) in [7, 11) is 3.31. The molecule has 160 valence electrons. The summed E-state index contributed by atoms with van der Waals surface area (Å²) in [5.74, 6) is 1.64. The fourth-order valence-electron chi connectivity index (χ4n) is 2.51. The molecule has 0 aromatic heterocycles. The van der Waals surface area contributed by atoms with Crippen LogP contribution in [0.1, 0.15) is 16.7 Å². The molecule has 5 nitrogen and oxygen atoms in total. The molecule has 0 radical (unpaired) electrons. The van der Waals surface area contributed by atoms with Gasteiger partial charge in [-0.25, -0.2) is 0 Å². The molecule has 2 aromatic carbocycles. The molecule has 0 saturated heterocycles. The third kappa shape index (κ3) is 8.80. The molecule has 0 saturated carbocycles. The highest BCUT2D eigenvalue weighted by Gasteiger charge is 2.28. The van der Waals surface area contributed by atoms with Gasteiger partial charge < -0.3 is 20.1 Å². The van der Waals surface area contributed by atoms with Gasteiger partial charge in [0.05, 0.1) is 7.11 Å². The standard InChI is InChI=1S/C20H24F3N3O2.HI/c1-14-10-16(6-9-18(14)27-3)12-26-19(24-2)25-11-15-4-7-17(8-5-15)28-13-20(21,22)23;/h4-10H,11-13H2,1-3H3,(H2,24,25,26);1H. The van der Waals surface area contributed by atoms with Crippen molar-refractivity contribution in [3.63, 3.8) is 0 Å². The van der Waals surface area contributed by atoms with Crippen molar-refractivity contribution in [3.05, 3.63) is 59.2 Å². The van der Waals surface area contributed by atoms with E-state index in [9.17, 15) is 13.2 Å². The lowest BCUT2D eigenvalue weighted by atomic mass is 10.1. The lowest BCUT2D eigenvalue weighted by Crippen LogP contribution is -2.36. The monoisotopic (exact) mass is 523 g/mol. The Kier molecular flexibility index (Phi) is 10.1. The van der Waals surface area contributed by atoms with Gasteiger partial charge in [0.15, 0.2) is 12.6 Å². The van der Waals surface area contributed by atoms with Crippen LogP contribution in [0.25, 0.3) is 0 Å². The summed E-state index contributed by atoms with van der Waals surface area (Å²) in [6.07, 6.45) is -4.35. The number of ether oxygens (including phenoxy) is 2. The molecule has 0 aliphatic rings. The van der Waals surface area contributed by atoms with E-state index in [1.165, 1.54) is 12.1 Å². The van der Waals surface area contributed by atoms with E-state index in [1.54, 1.807) is 26.3 Å². The van der Waals surface area contributed by atoms with Crippen LogP contribution in [0.4, 0.5) is 13.2 Å². The smallest absolute Gasteiger partial charge is 0.422 e. The van der Waals surface area contributed by atoms with Crippen LogP contribution in [-0.4, -0.2) is 32.9 Å². The summed E-state index contributed by atoms with van der Waals surface area (Å²) in [6.45, 7) is 1.75. The highest BCUT2D eigenvalue weighted by Crippen LogP contribution is 2.19. The maximum Gasteiger partial charge on any atom is 0.422 e. The Balaban J connectivity index is 0.00000420. The van der Waals surface area contributed by atoms with E-state index in [0.29, 0.717) is 19.0 Å². The Bertz CT molecular complexity index is 797. The number of methoxy groups -OCH3 is 1. The second-order valence-electron chi connectivity index (χ2n) is 6.13. The minimum Gasteiger partial charge on any atom is -0.496 e. The first kappa shape index (κ1) is 24.9. The number of guanidine groups is 1. The Morgan fingerprint density at radius 3 is 2.10 bits per heavy atom. The highest BCUT2D eigenvalue weighted by atomic mass is 127. The average molecular weight is 523 g/mol. The van der Waals surface area contributed by atoms with Gasteiger partial charge in [0.2, 0.25) is 0 Å². The number of aryl methyl sites for hydroxylation is 1. The van der Waals surface area contributed by atoms with Gasteiger partial charge in [-0.15, -0.1) is 24.0 Å². The van der Waals surface area contributed by atoms with Gasteiger partial charge >= 0.3 is 6.18 Å². The van der Waals surface area contributed by atoms with Gasteiger partial charge in [0, 0.05) is 20.1 Å². The van der Waals surface area contributed by atoms with Crippen LogP contribution in [-0.2, 0) is 13.1 Å². The topological polar surface area (TPSA) is 54.9 Å². The molecule has 0 spiro atoms. The van der Waals surface area contributed by atoms with Crippen molar-refractivity contribution in [1.29, 1.82) is 0 Å².